The summed E-state index contributed by atoms with van der Waals surface area (Å²) in [6.07, 6.45) is -2.52. The maximum absolute atomic E-state index is 12.9. The van der Waals surface area contributed by atoms with Crippen molar-refractivity contribution in [1.82, 2.24) is 15.0 Å². The molecule has 0 aliphatic carbocycles. The highest BCUT2D eigenvalue weighted by molar-refractivity contribution is 5.18. The van der Waals surface area contributed by atoms with E-state index < -0.39 is 12.2 Å². The van der Waals surface area contributed by atoms with E-state index in [1.165, 1.54) is 0 Å². The monoisotopic (exact) mass is 292 g/mol. The van der Waals surface area contributed by atoms with Crippen molar-refractivity contribution in [3.63, 3.8) is 0 Å². The van der Waals surface area contributed by atoms with E-state index in [0.717, 1.165) is 11.6 Å². The largest absolute Gasteiger partial charge is 0.410 e. The lowest BCUT2D eigenvalue weighted by atomic mass is 9.93. The Labute approximate surface area is 115 Å². The Hall–Kier alpha value is -1.15. The summed E-state index contributed by atoms with van der Waals surface area (Å²) in [4.78, 5) is 0. The fourth-order valence-electron chi connectivity index (χ4n) is 2.47. The van der Waals surface area contributed by atoms with E-state index >= 15 is 0 Å². The average Bonchev–Trinajstić information content (AvgIpc) is 2.82. The molecule has 0 aromatic carbocycles. The van der Waals surface area contributed by atoms with Crippen LogP contribution in [-0.4, -0.2) is 40.9 Å². The van der Waals surface area contributed by atoms with Gasteiger partial charge in [-0.1, -0.05) is 5.21 Å². The second kappa shape index (κ2) is 6.09. The summed E-state index contributed by atoms with van der Waals surface area (Å²) < 4.78 is 45.1. The maximum Gasteiger partial charge on any atom is 0.410 e. The van der Waals surface area contributed by atoms with Gasteiger partial charge in [-0.15, -0.1) is 5.10 Å². The molecule has 8 heteroatoms. The lowest BCUT2D eigenvalue weighted by Gasteiger charge is -2.26. The molecular weight excluding hydrogens is 273 g/mol. The van der Waals surface area contributed by atoms with E-state index in [1.54, 1.807) is 0 Å². The first kappa shape index (κ1) is 15.2. The summed E-state index contributed by atoms with van der Waals surface area (Å²) in [5.74, 6) is 0.00472. The normalized spacial score (nSPS) is 19.2. The molecule has 1 fully saturated rings. The first-order valence-electron chi connectivity index (χ1n) is 6.73. The Kier molecular flexibility index (Phi) is 4.64. The minimum absolute atomic E-state index is 0.00472. The molecule has 1 aliphatic rings. The number of hydrogen-bond acceptors (Lipinski definition) is 4. The minimum atomic E-state index is -4.34. The van der Waals surface area contributed by atoms with Gasteiger partial charge in [-0.25, -0.2) is 4.68 Å². The van der Waals surface area contributed by atoms with Crippen LogP contribution in [0, 0.1) is 0 Å². The molecule has 114 valence electrons. The van der Waals surface area contributed by atoms with Crippen LogP contribution in [0.25, 0.3) is 0 Å². The number of rotatable bonds is 4. The van der Waals surface area contributed by atoms with Gasteiger partial charge < -0.3 is 10.5 Å². The SMILES string of the molecule is CC(n1nnc(CCN)c1C1CCOCC1)C(F)(F)F. The molecule has 2 rings (SSSR count). The number of nitrogens with two attached hydrogens (primary N) is 1. The summed E-state index contributed by atoms with van der Waals surface area (Å²) in [7, 11) is 0. The fourth-order valence-corrected chi connectivity index (χ4v) is 2.47. The Balaban J connectivity index is 2.36. The molecule has 2 heterocycles. The quantitative estimate of drug-likeness (QED) is 0.919. The summed E-state index contributed by atoms with van der Waals surface area (Å²) in [5.41, 5.74) is 6.66. The van der Waals surface area contributed by atoms with E-state index in [1.807, 2.05) is 0 Å². The van der Waals surface area contributed by atoms with Crippen LogP contribution in [0.3, 0.4) is 0 Å². The molecular formula is C12H19F3N4O. The highest BCUT2D eigenvalue weighted by Crippen LogP contribution is 2.35. The van der Waals surface area contributed by atoms with Crippen LogP contribution >= 0.6 is 0 Å². The van der Waals surface area contributed by atoms with Crippen molar-refractivity contribution in [3.05, 3.63) is 11.4 Å². The molecule has 1 saturated heterocycles. The third-order valence-electron chi connectivity index (χ3n) is 3.63. The number of nitrogens with zero attached hydrogens (tertiary/aromatic N) is 3. The van der Waals surface area contributed by atoms with Crippen molar-refractivity contribution >= 4 is 0 Å². The third kappa shape index (κ3) is 3.12. The van der Waals surface area contributed by atoms with Crippen LogP contribution in [0.4, 0.5) is 13.2 Å². The summed E-state index contributed by atoms with van der Waals surface area (Å²) in [6.45, 7) is 2.55. The van der Waals surface area contributed by atoms with Crippen LogP contribution in [0.5, 0.6) is 0 Å². The lowest BCUT2D eigenvalue weighted by molar-refractivity contribution is -0.166. The number of halogens is 3. The van der Waals surface area contributed by atoms with Crippen molar-refractivity contribution in [2.45, 2.75) is 44.3 Å². The van der Waals surface area contributed by atoms with Gasteiger partial charge in [0.15, 0.2) is 0 Å². The summed E-state index contributed by atoms with van der Waals surface area (Å²) >= 11 is 0. The highest BCUT2D eigenvalue weighted by Gasteiger charge is 2.40. The zero-order chi connectivity index (χ0) is 14.8. The van der Waals surface area contributed by atoms with Crippen molar-refractivity contribution < 1.29 is 17.9 Å². The highest BCUT2D eigenvalue weighted by atomic mass is 19.4. The van der Waals surface area contributed by atoms with Gasteiger partial charge >= 0.3 is 6.18 Å². The van der Waals surface area contributed by atoms with Gasteiger partial charge in [0.05, 0.1) is 11.4 Å². The van der Waals surface area contributed by atoms with Gasteiger partial charge in [0.2, 0.25) is 0 Å². The number of ether oxygens (including phenoxy) is 1. The van der Waals surface area contributed by atoms with E-state index in [4.69, 9.17) is 10.5 Å². The zero-order valence-electron chi connectivity index (χ0n) is 11.4. The minimum Gasteiger partial charge on any atom is -0.381 e. The predicted octanol–water partition coefficient (Wildman–Crippen LogP) is 1.80. The van der Waals surface area contributed by atoms with Crippen molar-refractivity contribution in [1.29, 1.82) is 0 Å². The fraction of sp³-hybridized carbons (Fsp3) is 0.833. The number of alkyl halides is 3. The van der Waals surface area contributed by atoms with Crippen LogP contribution in [0.15, 0.2) is 0 Å². The second-order valence-corrected chi connectivity index (χ2v) is 5.01. The Morgan fingerprint density at radius 2 is 2.05 bits per heavy atom. The van der Waals surface area contributed by atoms with Gasteiger partial charge in [0, 0.05) is 25.6 Å². The van der Waals surface area contributed by atoms with Gasteiger partial charge in [-0.2, -0.15) is 13.2 Å². The van der Waals surface area contributed by atoms with E-state index in [-0.39, 0.29) is 5.92 Å². The van der Waals surface area contributed by atoms with Gasteiger partial charge in [-0.05, 0) is 26.3 Å². The molecule has 0 spiro atoms. The summed E-state index contributed by atoms with van der Waals surface area (Å²) in [5, 5.41) is 7.63. The maximum atomic E-state index is 12.9. The molecule has 20 heavy (non-hydrogen) atoms. The van der Waals surface area contributed by atoms with E-state index in [2.05, 4.69) is 10.3 Å². The van der Waals surface area contributed by atoms with Crippen LogP contribution < -0.4 is 5.73 Å². The molecule has 1 atom stereocenters. The molecule has 0 saturated carbocycles. The molecule has 0 radical (unpaired) electrons. The number of aromatic nitrogens is 3. The smallest absolute Gasteiger partial charge is 0.381 e. The van der Waals surface area contributed by atoms with E-state index in [9.17, 15) is 13.2 Å². The Morgan fingerprint density at radius 1 is 1.40 bits per heavy atom. The van der Waals surface area contributed by atoms with Gasteiger partial charge in [0.25, 0.3) is 0 Å². The predicted molar refractivity (Wildman–Crippen MR) is 66.3 cm³/mol. The molecule has 2 N–H and O–H groups in total. The lowest BCUT2D eigenvalue weighted by Crippen LogP contribution is -2.28. The molecule has 5 nitrogen and oxygen atoms in total. The molecule has 1 aromatic heterocycles. The number of hydrogen-bond donors (Lipinski definition) is 1. The topological polar surface area (TPSA) is 66.0 Å². The van der Waals surface area contributed by atoms with Gasteiger partial charge in [0.1, 0.15) is 6.04 Å². The Bertz CT molecular complexity index is 440. The van der Waals surface area contributed by atoms with Crippen molar-refractivity contribution in [2.24, 2.45) is 5.73 Å². The molecule has 1 unspecified atom stereocenters. The van der Waals surface area contributed by atoms with Gasteiger partial charge in [-0.3, -0.25) is 0 Å². The van der Waals surface area contributed by atoms with Crippen LogP contribution in [0.2, 0.25) is 0 Å². The van der Waals surface area contributed by atoms with Crippen molar-refractivity contribution in [3.8, 4) is 0 Å². The van der Waals surface area contributed by atoms with Crippen LogP contribution in [-0.2, 0) is 11.2 Å². The van der Waals surface area contributed by atoms with Crippen LogP contribution in [0.1, 0.15) is 43.1 Å². The first-order chi connectivity index (χ1) is 9.45. The Morgan fingerprint density at radius 3 is 2.60 bits per heavy atom. The molecule has 1 aliphatic heterocycles. The standard InChI is InChI=1S/C12H19F3N4O/c1-8(12(13,14)15)19-11(9-3-6-20-7-4-9)10(2-5-16)17-18-19/h8-9H,2-7,16H2,1H3. The molecule has 1 aromatic rings. The second-order valence-electron chi connectivity index (χ2n) is 5.01. The average molecular weight is 292 g/mol. The molecule has 0 amide bonds. The van der Waals surface area contributed by atoms with Crippen molar-refractivity contribution in [2.75, 3.05) is 19.8 Å². The first-order valence-corrected chi connectivity index (χ1v) is 6.73. The van der Waals surface area contributed by atoms with E-state index in [0.29, 0.717) is 50.4 Å². The third-order valence-corrected chi connectivity index (χ3v) is 3.63. The summed E-state index contributed by atoms with van der Waals surface area (Å²) in [6, 6.07) is -1.68. The molecule has 0 bridgehead atoms. The zero-order valence-corrected chi connectivity index (χ0v) is 11.4.